The van der Waals surface area contributed by atoms with Crippen LogP contribution in [0.1, 0.15) is 42.5 Å². The van der Waals surface area contributed by atoms with Gasteiger partial charge < -0.3 is 5.32 Å². The van der Waals surface area contributed by atoms with Gasteiger partial charge in [0.1, 0.15) is 5.82 Å². The average Bonchev–Trinajstić information content (AvgIpc) is 2.79. The first-order chi connectivity index (χ1) is 9.18. The molecule has 1 aromatic carbocycles. The number of aryl methyl sites for hydroxylation is 1. The molecule has 0 bridgehead atoms. The Bertz CT molecular complexity index is 596. The molecular formula is C16H21N3. The number of hydrogen-bond acceptors (Lipinski definition) is 2. The lowest BCUT2D eigenvalue weighted by Crippen LogP contribution is -2.25. The maximum atomic E-state index is 4.87. The van der Waals surface area contributed by atoms with Gasteiger partial charge in [0.25, 0.3) is 0 Å². The summed E-state index contributed by atoms with van der Waals surface area (Å²) in [4.78, 5) is 4.87. The first kappa shape index (κ1) is 12.4. The van der Waals surface area contributed by atoms with E-state index in [1.165, 1.54) is 28.5 Å². The maximum absolute atomic E-state index is 4.87. The number of fused-ring (bicyclic) bond motifs is 1. The number of para-hydroxylation sites is 1. The lowest BCUT2D eigenvalue weighted by atomic mass is 10.1. The number of nitrogens with zero attached hydrogens (tertiary/aromatic N) is 2. The van der Waals surface area contributed by atoms with Gasteiger partial charge in [-0.05, 0) is 18.6 Å². The van der Waals surface area contributed by atoms with Crippen molar-refractivity contribution in [1.82, 2.24) is 14.9 Å². The molecule has 0 amide bonds. The second kappa shape index (κ2) is 4.82. The summed E-state index contributed by atoms with van der Waals surface area (Å²) in [7, 11) is 0. The monoisotopic (exact) mass is 255 g/mol. The van der Waals surface area contributed by atoms with Gasteiger partial charge in [0, 0.05) is 36.8 Å². The normalized spacial score (nSPS) is 14.7. The van der Waals surface area contributed by atoms with Gasteiger partial charge in [0.2, 0.25) is 0 Å². The van der Waals surface area contributed by atoms with Gasteiger partial charge in [0.05, 0.1) is 5.69 Å². The van der Waals surface area contributed by atoms with Crippen LogP contribution in [-0.4, -0.2) is 16.1 Å². The minimum Gasteiger partial charge on any atom is -0.311 e. The molecule has 0 saturated heterocycles. The fourth-order valence-corrected chi connectivity index (χ4v) is 2.80. The predicted molar refractivity (Wildman–Crippen MR) is 77.8 cm³/mol. The number of rotatable bonds is 2. The van der Waals surface area contributed by atoms with Crippen LogP contribution in [0, 0.1) is 6.92 Å². The Morgan fingerprint density at radius 1 is 1.26 bits per heavy atom. The van der Waals surface area contributed by atoms with Crippen LogP contribution in [0.4, 0.5) is 0 Å². The highest BCUT2D eigenvalue weighted by molar-refractivity contribution is 5.45. The van der Waals surface area contributed by atoms with E-state index < -0.39 is 0 Å². The van der Waals surface area contributed by atoms with Crippen LogP contribution in [0.2, 0.25) is 0 Å². The Kier molecular flexibility index (Phi) is 3.15. The highest BCUT2D eigenvalue weighted by Crippen LogP contribution is 2.27. The Hall–Kier alpha value is -1.61. The highest BCUT2D eigenvalue weighted by Gasteiger charge is 2.22. The van der Waals surface area contributed by atoms with E-state index in [1.54, 1.807) is 0 Å². The summed E-state index contributed by atoms with van der Waals surface area (Å²) in [6.07, 6.45) is 1.06. The minimum atomic E-state index is 0.435. The molecule has 2 aromatic rings. The molecule has 2 heterocycles. The van der Waals surface area contributed by atoms with Crippen LogP contribution < -0.4 is 5.32 Å². The van der Waals surface area contributed by atoms with Crippen LogP contribution in [0.5, 0.6) is 0 Å². The van der Waals surface area contributed by atoms with Crippen LogP contribution >= 0.6 is 0 Å². The summed E-state index contributed by atoms with van der Waals surface area (Å²) >= 11 is 0. The van der Waals surface area contributed by atoms with Gasteiger partial charge in [0.15, 0.2) is 0 Å². The highest BCUT2D eigenvalue weighted by atomic mass is 15.1. The maximum Gasteiger partial charge on any atom is 0.116 e. The molecular weight excluding hydrogens is 234 g/mol. The van der Waals surface area contributed by atoms with E-state index in [2.05, 4.69) is 54.9 Å². The molecule has 1 aromatic heterocycles. The Morgan fingerprint density at radius 2 is 2.05 bits per heavy atom. The van der Waals surface area contributed by atoms with Gasteiger partial charge in [-0.2, -0.15) is 0 Å². The largest absolute Gasteiger partial charge is 0.311 e. The molecule has 0 aliphatic carbocycles. The Morgan fingerprint density at radius 3 is 2.79 bits per heavy atom. The minimum absolute atomic E-state index is 0.435. The third-order valence-electron chi connectivity index (χ3n) is 3.79. The van der Waals surface area contributed by atoms with Crippen molar-refractivity contribution in [2.75, 3.05) is 6.54 Å². The number of hydrogen-bond donors (Lipinski definition) is 1. The lowest BCUT2D eigenvalue weighted by Gasteiger charge is -2.18. The predicted octanol–water partition coefficient (Wildman–Crippen LogP) is 2.95. The lowest BCUT2D eigenvalue weighted by molar-refractivity contribution is 0.619. The third kappa shape index (κ3) is 2.08. The van der Waals surface area contributed by atoms with Crippen LogP contribution in [-0.2, 0) is 13.0 Å². The molecule has 3 rings (SSSR count). The quantitative estimate of drug-likeness (QED) is 0.894. The van der Waals surface area contributed by atoms with Crippen molar-refractivity contribution in [1.29, 1.82) is 0 Å². The number of benzene rings is 1. The Balaban J connectivity index is 2.24. The molecule has 3 heteroatoms. The summed E-state index contributed by atoms with van der Waals surface area (Å²) in [6.45, 7) is 8.55. The number of aromatic nitrogens is 2. The number of nitrogens with one attached hydrogen (secondary N) is 1. The molecule has 0 spiro atoms. The standard InChI is InChI=1S/C16H21N3/c1-11(2)16-18-13-10-17-9-8-15(13)19(16)14-7-5-4-6-12(14)3/h4-7,11,17H,8-10H2,1-3H3. The fraction of sp³-hybridized carbons (Fsp3) is 0.438. The van der Waals surface area contributed by atoms with E-state index in [1.807, 2.05) is 0 Å². The van der Waals surface area contributed by atoms with Crippen molar-refractivity contribution < 1.29 is 0 Å². The molecule has 1 N–H and O–H groups in total. The molecule has 1 aliphatic rings. The summed E-state index contributed by atoms with van der Waals surface area (Å²) in [5.74, 6) is 1.62. The van der Waals surface area contributed by atoms with Crippen LogP contribution in [0.15, 0.2) is 24.3 Å². The average molecular weight is 255 g/mol. The molecule has 19 heavy (non-hydrogen) atoms. The van der Waals surface area contributed by atoms with E-state index in [9.17, 15) is 0 Å². The molecule has 3 nitrogen and oxygen atoms in total. The molecule has 0 radical (unpaired) electrons. The second-order valence-corrected chi connectivity index (χ2v) is 5.57. The molecule has 0 saturated carbocycles. The molecule has 0 unspecified atom stereocenters. The van der Waals surface area contributed by atoms with Gasteiger partial charge in [-0.25, -0.2) is 4.98 Å². The van der Waals surface area contributed by atoms with E-state index in [-0.39, 0.29) is 0 Å². The van der Waals surface area contributed by atoms with Gasteiger partial charge in [-0.15, -0.1) is 0 Å². The van der Waals surface area contributed by atoms with E-state index in [0.717, 1.165) is 19.5 Å². The first-order valence-electron chi connectivity index (χ1n) is 7.05. The zero-order chi connectivity index (χ0) is 13.4. The van der Waals surface area contributed by atoms with Crippen LogP contribution in [0.25, 0.3) is 5.69 Å². The van der Waals surface area contributed by atoms with Crippen molar-refractivity contribution >= 4 is 0 Å². The SMILES string of the molecule is Cc1ccccc1-n1c(C(C)C)nc2c1CCNC2. The summed E-state index contributed by atoms with van der Waals surface area (Å²) in [5, 5.41) is 3.41. The first-order valence-corrected chi connectivity index (χ1v) is 7.05. The van der Waals surface area contributed by atoms with Crippen molar-refractivity contribution in [2.45, 2.75) is 39.7 Å². The van der Waals surface area contributed by atoms with E-state index >= 15 is 0 Å². The molecule has 0 fully saturated rings. The molecule has 1 aliphatic heterocycles. The van der Waals surface area contributed by atoms with E-state index in [0.29, 0.717) is 5.92 Å². The topological polar surface area (TPSA) is 29.9 Å². The Labute approximate surface area is 114 Å². The smallest absolute Gasteiger partial charge is 0.116 e. The zero-order valence-corrected chi connectivity index (χ0v) is 11.9. The van der Waals surface area contributed by atoms with Crippen molar-refractivity contribution in [2.24, 2.45) is 0 Å². The third-order valence-corrected chi connectivity index (χ3v) is 3.79. The van der Waals surface area contributed by atoms with Gasteiger partial charge in [-0.3, -0.25) is 4.57 Å². The second-order valence-electron chi connectivity index (χ2n) is 5.57. The van der Waals surface area contributed by atoms with Crippen LogP contribution in [0.3, 0.4) is 0 Å². The zero-order valence-electron chi connectivity index (χ0n) is 11.9. The number of imidazole rings is 1. The molecule has 0 atom stereocenters. The summed E-state index contributed by atoms with van der Waals surface area (Å²) in [6, 6.07) is 8.58. The van der Waals surface area contributed by atoms with Crippen molar-refractivity contribution in [3.05, 3.63) is 47.0 Å². The molecule has 100 valence electrons. The van der Waals surface area contributed by atoms with Crippen molar-refractivity contribution in [3.8, 4) is 5.69 Å². The van der Waals surface area contributed by atoms with Gasteiger partial charge >= 0.3 is 0 Å². The van der Waals surface area contributed by atoms with E-state index in [4.69, 9.17) is 4.98 Å². The van der Waals surface area contributed by atoms with Gasteiger partial charge in [-0.1, -0.05) is 32.0 Å². The fourth-order valence-electron chi connectivity index (χ4n) is 2.80. The van der Waals surface area contributed by atoms with Crippen molar-refractivity contribution in [3.63, 3.8) is 0 Å². The summed E-state index contributed by atoms with van der Waals surface area (Å²) in [5.41, 5.74) is 5.19. The summed E-state index contributed by atoms with van der Waals surface area (Å²) < 4.78 is 2.39.